The first kappa shape index (κ1) is 21.3. The molecule has 2 aromatic rings. The van der Waals surface area contributed by atoms with Crippen LogP contribution >= 0.6 is 0 Å². The highest BCUT2D eigenvalue weighted by Gasteiger charge is 2.23. The van der Waals surface area contributed by atoms with E-state index in [-0.39, 0.29) is 0 Å². The first-order valence-corrected chi connectivity index (χ1v) is 10.9. The van der Waals surface area contributed by atoms with E-state index in [9.17, 15) is 4.79 Å². The van der Waals surface area contributed by atoms with Crippen molar-refractivity contribution >= 4 is 11.7 Å². The third-order valence-corrected chi connectivity index (χ3v) is 5.85. The fraction of sp³-hybridized carbons (Fsp3) is 0.542. The van der Waals surface area contributed by atoms with Gasteiger partial charge in [0, 0.05) is 49.4 Å². The molecule has 1 amide bonds. The number of hydrogen-bond donors (Lipinski definition) is 0. The summed E-state index contributed by atoms with van der Waals surface area (Å²) in [4.78, 5) is 26.4. The largest absolute Gasteiger partial charge is 0.353 e. The molecule has 2 heterocycles. The summed E-state index contributed by atoms with van der Waals surface area (Å²) in [5.41, 5.74) is 4.41. The number of nitrogens with zero attached hydrogens (tertiary/aromatic N) is 4. The Kier molecular flexibility index (Phi) is 7.24. The quantitative estimate of drug-likeness (QED) is 0.640. The Labute approximate surface area is 175 Å². The van der Waals surface area contributed by atoms with Gasteiger partial charge in [-0.3, -0.25) is 4.79 Å². The maximum absolute atomic E-state index is 12.5. The van der Waals surface area contributed by atoms with Gasteiger partial charge >= 0.3 is 0 Å². The molecule has 0 N–H and O–H groups in total. The highest BCUT2D eigenvalue weighted by atomic mass is 16.2. The first-order valence-electron chi connectivity index (χ1n) is 10.9. The fourth-order valence-corrected chi connectivity index (χ4v) is 3.78. The van der Waals surface area contributed by atoms with Crippen molar-refractivity contribution < 1.29 is 4.79 Å². The van der Waals surface area contributed by atoms with Crippen molar-refractivity contribution in [2.24, 2.45) is 0 Å². The van der Waals surface area contributed by atoms with Crippen LogP contribution in [-0.4, -0.2) is 47.0 Å². The average Bonchev–Trinajstić information content (AvgIpc) is 2.73. The maximum atomic E-state index is 12.5. The van der Waals surface area contributed by atoms with Crippen molar-refractivity contribution in [3.63, 3.8) is 0 Å². The van der Waals surface area contributed by atoms with E-state index >= 15 is 0 Å². The molecule has 0 radical (unpaired) electrons. The molecule has 0 saturated carbocycles. The summed E-state index contributed by atoms with van der Waals surface area (Å²) in [6, 6.07) is 8.35. The Bertz CT molecular complexity index is 824. The van der Waals surface area contributed by atoms with Crippen molar-refractivity contribution in [2.75, 3.05) is 31.1 Å². The Morgan fingerprint density at radius 2 is 1.62 bits per heavy atom. The summed E-state index contributed by atoms with van der Waals surface area (Å²) in [7, 11) is 0. The summed E-state index contributed by atoms with van der Waals surface area (Å²) in [6.45, 7) is 11.6. The molecule has 0 unspecified atom stereocenters. The van der Waals surface area contributed by atoms with Crippen LogP contribution in [0, 0.1) is 20.8 Å². The second kappa shape index (κ2) is 9.86. The maximum Gasteiger partial charge on any atom is 0.222 e. The third kappa shape index (κ3) is 5.34. The number of piperazine rings is 1. The van der Waals surface area contributed by atoms with Gasteiger partial charge < -0.3 is 9.80 Å². The molecule has 0 atom stereocenters. The van der Waals surface area contributed by atoms with Gasteiger partial charge in [-0.2, -0.15) is 0 Å². The lowest BCUT2D eigenvalue weighted by atomic mass is 10.1. The van der Waals surface area contributed by atoms with Crippen molar-refractivity contribution in [1.29, 1.82) is 0 Å². The van der Waals surface area contributed by atoms with Gasteiger partial charge in [0.25, 0.3) is 0 Å². The van der Waals surface area contributed by atoms with Crippen molar-refractivity contribution in [3.05, 3.63) is 41.1 Å². The fourth-order valence-electron chi connectivity index (χ4n) is 3.78. The molecule has 1 aromatic carbocycles. The summed E-state index contributed by atoms with van der Waals surface area (Å²) >= 11 is 0. The van der Waals surface area contributed by atoms with Gasteiger partial charge in [0.1, 0.15) is 5.82 Å². The van der Waals surface area contributed by atoms with Gasteiger partial charge in [-0.1, -0.05) is 56.0 Å². The topological polar surface area (TPSA) is 49.3 Å². The van der Waals surface area contributed by atoms with Gasteiger partial charge in [0.05, 0.1) is 0 Å². The normalized spacial score (nSPS) is 14.3. The highest BCUT2D eigenvalue weighted by Crippen LogP contribution is 2.25. The number of aromatic nitrogens is 2. The van der Waals surface area contributed by atoms with Gasteiger partial charge in [-0.25, -0.2) is 9.97 Å². The van der Waals surface area contributed by atoms with E-state index in [1.807, 2.05) is 11.8 Å². The molecule has 1 aliphatic heterocycles. The number of carbonyl (C=O) groups is 1. The van der Waals surface area contributed by atoms with E-state index in [1.54, 1.807) is 0 Å². The Morgan fingerprint density at radius 3 is 2.28 bits per heavy atom. The zero-order valence-electron chi connectivity index (χ0n) is 18.4. The SMILES string of the molecule is CCCCCCC(=O)N1CCN(c2nc(-c3ccc(C)cc3)nc(C)c2C)CC1. The number of aryl methyl sites for hydroxylation is 2. The minimum atomic E-state index is 0.302. The molecule has 1 saturated heterocycles. The molecule has 1 fully saturated rings. The van der Waals surface area contributed by atoms with Crippen LogP contribution in [0.15, 0.2) is 24.3 Å². The smallest absolute Gasteiger partial charge is 0.222 e. The van der Waals surface area contributed by atoms with E-state index in [2.05, 4.69) is 49.9 Å². The van der Waals surface area contributed by atoms with Crippen LogP contribution in [-0.2, 0) is 4.79 Å². The predicted octanol–water partition coefficient (Wildman–Crippen LogP) is 4.69. The Hall–Kier alpha value is -2.43. The van der Waals surface area contributed by atoms with Crippen LogP contribution < -0.4 is 4.90 Å². The molecule has 5 nitrogen and oxygen atoms in total. The van der Waals surface area contributed by atoms with Gasteiger partial charge in [0.15, 0.2) is 5.82 Å². The molecule has 0 bridgehead atoms. The van der Waals surface area contributed by atoms with Crippen molar-refractivity contribution in [1.82, 2.24) is 14.9 Å². The molecule has 0 spiro atoms. The number of anilines is 1. The van der Waals surface area contributed by atoms with E-state index in [1.165, 1.54) is 18.4 Å². The second-order valence-corrected chi connectivity index (χ2v) is 8.13. The molecular formula is C24H34N4O. The molecule has 0 aliphatic carbocycles. The van der Waals surface area contributed by atoms with Gasteiger partial charge in [-0.15, -0.1) is 0 Å². The lowest BCUT2D eigenvalue weighted by molar-refractivity contribution is -0.131. The lowest BCUT2D eigenvalue weighted by Gasteiger charge is -2.36. The zero-order valence-corrected chi connectivity index (χ0v) is 18.4. The highest BCUT2D eigenvalue weighted by molar-refractivity contribution is 5.76. The third-order valence-electron chi connectivity index (χ3n) is 5.85. The number of unbranched alkanes of at least 4 members (excludes halogenated alkanes) is 3. The van der Waals surface area contributed by atoms with E-state index in [0.29, 0.717) is 12.3 Å². The molecule has 156 valence electrons. The van der Waals surface area contributed by atoms with Crippen LogP contribution in [0.25, 0.3) is 11.4 Å². The number of carbonyl (C=O) groups excluding carboxylic acids is 1. The summed E-state index contributed by atoms with van der Waals surface area (Å²) in [6.07, 6.45) is 5.27. The zero-order chi connectivity index (χ0) is 20.8. The summed E-state index contributed by atoms with van der Waals surface area (Å²) in [5.74, 6) is 2.08. The second-order valence-electron chi connectivity index (χ2n) is 8.13. The Morgan fingerprint density at radius 1 is 0.931 bits per heavy atom. The molecule has 1 aliphatic rings. The van der Waals surface area contributed by atoms with Crippen LogP contribution in [0.2, 0.25) is 0 Å². The van der Waals surface area contributed by atoms with Crippen LogP contribution in [0.5, 0.6) is 0 Å². The summed E-state index contributed by atoms with van der Waals surface area (Å²) in [5, 5.41) is 0. The number of amides is 1. The molecule has 1 aromatic heterocycles. The molecular weight excluding hydrogens is 360 g/mol. The molecule has 3 rings (SSSR count). The number of benzene rings is 1. The van der Waals surface area contributed by atoms with E-state index in [4.69, 9.17) is 9.97 Å². The van der Waals surface area contributed by atoms with Gasteiger partial charge in [-0.05, 0) is 27.2 Å². The van der Waals surface area contributed by atoms with Crippen LogP contribution in [0.1, 0.15) is 55.8 Å². The number of rotatable bonds is 7. The minimum absolute atomic E-state index is 0.302. The average molecular weight is 395 g/mol. The van der Waals surface area contributed by atoms with Gasteiger partial charge in [0.2, 0.25) is 5.91 Å². The van der Waals surface area contributed by atoms with E-state index < -0.39 is 0 Å². The van der Waals surface area contributed by atoms with Crippen LogP contribution in [0.4, 0.5) is 5.82 Å². The minimum Gasteiger partial charge on any atom is -0.353 e. The monoisotopic (exact) mass is 394 g/mol. The standard InChI is InChI=1S/C24H34N4O/c1-5-6-7-8-9-22(29)27-14-16-28(17-15-27)24-19(3)20(4)25-23(26-24)21-12-10-18(2)11-13-21/h10-13H,5-9,14-17H2,1-4H3. The number of hydrogen-bond acceptors (Lipinski definition) is 4. The Balaban J connectivity index is 1.67. The first-order chi connectivity index (χ1) is 14.0. The van der Waals surface area contributed by atoms with Crippen molar-refractivity contribution in [3.8, 4) is 11.4 Å². The predicted molar refractivity (Wildman–Crippen MR) is 119 cm³/mol. The molecule has 29 heavy (non-hydrogen) atoms. The van der Waals surface area contributed by atoms with Crippen molar-refractivity contribution in [2.45, 2.75) is 59.8 Å². The molecule has 5 heteroatoms. The lowest BCUT2D eigenvalue weighted by Crippen LogP contribution is -2.49. The van der Waals surface area contributed by atoms with Crippen LogP contribution in [0.3, 0.4) is 0 Å². The van der Waals surface area contributed by atoms with E-state index in [0.717, 1.165) is 67.5 Å². The summed E-state index contributed by atoms with van der Waals surface area (Å²) < 4.78 is 0.